The van der Waals surface area contributed by atoms with E-state index in [4.69, 9.17) is 0 Å². The topological polar surface area (TPSA) is 52.5 Å². The molecule has 0 aliphatic carbocycles. The van der Waals surface area contributed by atoms with E-state index in [2.05, 4.69) is 12.2 Å². The van der Waals surface area contributed by atoms with Crippen LogP contribution in [0, 0.1) is 0 Å². The standard InChI is InChI=1S/C13H21NO2/c1-3-4-5-9-14-10(2)13-11(15)7-6-8-12(13)16/h6-8,10,14-16H,3-5,9H2,1-2H3. The van der Waals surface area contributed by atoms with Crippen LogP contribution in [-0.2, 0) is 0 Å². The molecular formula is C13H21NO2. The van der Waals surface area contributed by atoms with Crippen LogP contribution in [0.5, 0.6) is 11.5 Å². The molecule has 0 bridgehead atoms. The first-order chi connectivity index (χ1) is 7.66. The summed E-state index contributed by atoms with van der Waals surface area (Å²) in [6.07, 6.45) is 3.51. The first-order valence-corrected chi connectivity index (χ1v) is 5.91. The molecule has 3 heteroatoms. The average molecular weight is 223 g/mol. The molecule has 1 unspecified atom stereocenters. The molecule has 0 aliphatic heterocycles. The van der Waals surface area contributed by atoms with E-state index in [9.17, 15) is 10.2 Å². The lowest BCUT2D eigenvalue weighted by atomic mass is 10.1. The van der Waals surface area contributed by atoms with Gasteiger partial charge in [-0.2, -0.15) is 0 Å². The van der Waals surface area contributed by atoms with Gasteiger partial charge in [-0.1, -0.05) is 25.8 Å². The molecule has 1 aromatic rings. The van der Waals surface area contributed by atoms with Crippen LogP contribution in [0.3, 0.4) is 0 Å². The second-order valence-electron chi connectivity index (χ2n) is 4.09. The zero-order valence-electron chi connectivity index (χ0n) is 10.0. The van der Waals surface area contributed by atoms with Crippen LogP contribution in [0.2, 0.25) is 0 Å². The highest BCUT2D eigenvalue weighted by Gasteiger charge is 2.13. The third kappa shape index (κ3) is 3.42. The predicted octanol–water partition coefficient (Wildman–Crippen LogP) is 2.94. The Morgan fingerprint density at radius 2 is 1.81 bits per heavy atom. The number of benzene rings is 1. The van der Waals surface area contributed by atoms with Crippen LogP contribution in [0.15, 0.2) is 18.2 Å². The molecule has 90 valence electrons. The molecule has 0 radical (unpaired) electrons. The molecule has 0 fully saturated rings. The van der Waals surface area contributed by atoms with E-state index >= 15 is 0 Å². The van der Waals surface area contributed by atoms with Crippen molar-refractivity contribution in [2.45, 2.75) is 39.2 Å². The SMILES string of the molecule is CCCCCNC(C)c1c(O)cccc1O. The fourth-order valence-corrected chi connectivity index (χ4v) is 1.78. The zero-order valence-corrected chi connectivity index (χ0v) is 10.0. The summed E-state index contributed by atoms with van der Waals surface area (Å²) < 4.78 is 0. The van der Waals surface area contributed by atoms with Crippen molar-refractivity contribution >= 4 is 0 Å². The van der Waals surface area contributed by atoms with Crippen molar-refractivity contribution in [1.29, 1.82) is 0 Å². The third-order valence-corrected chi connectivity index (χ3v) is 2.72. The Balaban J connectivity index is 2.55. The maximum absolute atomic E-state index is 9.66. The fraction of sp³-hybridized carbons (Fsp3) is 0.538. The molecule has 0 heterocycles. The molecule has 1 aromatic carbocycles. The minimum atomic E-state index is -0.0296. The van der Waals surface area contributed by atoms with Gasteiger partial charge in [0, 0.05) is 6.04 Å². The van der Waals surface area contributed by atoms with Crippen LogP contribution in [0.4, 0.5) is 0 Å². The summed E-state index contributed by atoms with van der Waals surface area (Å²) in [6.45, 7) is 5.02. The van der Waals surface area contributed by atoms with Crippen molar-refractivity contribution < 1.29 is 10.2 Å². The van der Waals surface area contributed by atoms with Crippen molar-refractivity contribution in [3.8, 4) is 11.5 Å². The summed E-state index contributed by atoms with van der Waals surface area (Å²) in [4.78, 5) is 0. The number of unbranched alkanes of at least 4 members (excludes halogenated alkanes) is 2. The van der Waals surface area contributed by atoms with E-state index < -0.39 is 0 Å². The van der Waals surface area contributed by atoms with E-state index in [0.29, 0.717) is 5.56 Å². The Bertz CT molecular complexity index is 305. The summed E-state index contributed by atoms with van der Waals surface area (Å²) in [5.41, 5.74) is 0.582. The van der Waals surface area contributed by atoms with E-state index in [-0.39, 0.29) is 17.5 Å². The van der Waals surface area contributed by atoms with Gasteiger partial charge in [-0.3, -0.25) is 0 Å². The van der Waals surface area contributed by atoms with Gasteiger partial charge in [-0.05, 0) is 32.0 Å². The smallest absolute Gasteiger partial charge is 0.124 e. The van der Waals surface area contributed by atoms with Gasteiger partial charge >= 0.3 is 0 Å². The fourth-order valence-electron chi connectivity index (χ4n) is 1.78. The number of rotatable bonds is 6. The molecule has 0 amide bonds. The molecule has 3 nitrogen and oxygen atoms in total. The summed E-state index contributed by atoms with van der Waals surface area (Å²) in [7, 11) is 0. The largest absolute Gasteiger partial charge is 0.507 e. The van der Waals surface area contributed by atoms with Gasteiger partial charge in [-0.15, -0.1) is 0 Å². The first-order valence-electron chi connectivity index (χ1n) is 5.91. The Hall–Kier alpha value is -1.22. The molecule has 0 aliphatic rings. The Labute approximate surface area is 97.1 Å². The minimum Gasteiger partial charge on any atom is -0.507 e. The molecule has 0 spiro atoms. The highest BCUT2D eigenvalue weighted by Crippen LogP contribution is 2.31. The van der Waals surface area contributed by atoms with Crippen molar-refractivity contribution in [2.24, 2.45) is 0 Å². The van der Waals surface area contributed by atoms with Gasteiger partial charge in [0.05, 0.1) is 5.56 Å². The molecule has 0 aromatic heterocycles. The maximum atomic E-state index is 9.66. The molecule has 0 saturated heterocycles. The van der Waals surface area contributed by atoms with E-state index in [1.165, 1.54) is 12.8 Å². The predicted molar refractivity (Wildman–Crippen MR) is 65.7 cm³/mol. The van der Waals surface area contributed by atoms with Crippen LogP contribution < -0.4 is 5.32 Å². The normalized spacial score (nSPS) is 12.6. The number of nitrogens with one attached hydrogen (secondary N) is 1. The number of phenolic OH excluding ortho intramolecular Hbond substituents is 2. The number of hydrogen-bond acceptors (Lipinski definition) is 3. The number of hydrogen-bond donors (Lipinski definition) is 3. The molecule has 1 rings (SSSR count). The minimum absolute atomic E-state index is 0.0296. The van der Waals surface area contributed by atoms with Crippen molar-refractivity contribution in [3.05, 3.63) is 23.8 Å². The Morgan fingerprint density at radius 3 is 2.38 bits per heavy atom. The summed E-state index contributed by atoms with van der Waals surface area (Å²) in [5, 5.41) is 22.6. The third-order valence-electron chi connectivity index (χ3n) is 2.72. The van der Waals surface area contributed by atoms with Crippen molar-refractivity contribution in [2.75, 3.05) is 6.54 Å². The molecular weight excluding hydrogens is 202 g/mol. The second-order valence-corrected chi connectivity index (χ2v) is 4.09. The first kappa shape index (κ1) is 12.8. The number of phenols is 2. The van der Waals surface area contributed by atoms with Gasteiger partial charge in [0.2, 0.25) is 0 Å². The lowest BCUT2D eigenvalue weighted by Crippen LogP contribution is -2.20. The van der Waals surface area contributed by atoms with Crippen LogP contribution >= 0.6 is 0 Å². The lowest BCUT2D eigenvalue weighted by Gasteiger charge is -2.16. The second kappa shape index (κ2) is 6.38. The summed E-state index contributed by atoms with van der Waals surface area (Å²) in [5.74, 6) is 0.297. The molecule has 3 N–H and O–H groups in total. The van der Waals surface area contributed by atoms with E-state index in [1.807, 2.05) is 6.92 Å². The number of aromatic hydroxyl groups is 2. The van der Waals surface area contributed by atoms with Crippen molar-refractivity contribution in [3.63, 3.8) is 0 Å². The van der Waals surface area contributed by atoms with Crippen LogP contribution in [0.25, 0.3) is 0 Å². The highest BCUT2D eigenvalue weighted by atomic mass is 16.3. The van der Waals surface area contributed by atoms with E-state index in [0.717, 1.165) is 13.0 Å². The highest BCUT2D eigenvalue weighted by molar-refractivity contribution is 5.44. The quantitative estimate of drug-likeness (QED) is 0.650. The maximum Gasteiger partial charge on any atom is 0.124 e. The zero-order chi connectivity index (χ0) is 12.0. The summed E-state index contributed by atoms with van der Waals surface area (Å²) >= 11 is 0. The monoisotopic (exact) mass is 223 g/mol. The van der Waals surface area contributed by atoms with Crippen LogP contribution in [-0.4, -0.2) is 16.8 Å². The van der Waals surface area contributed by atoms with Gasteiger partial charge in [0.15, 0.2) is 0 Å². The Morgan fingerprint density at radius 1 is 1.19 bits per heavy atom. The molecule has 16 heavy (non-hydrogen) atoms. The lowest BCUT2D eigenvalue weighted by molar-refractivity contribution is 0.417. The van der Waals surface area contributed by atoms with Crippen LogP contribution in [0.1, 0.15) is 44.7 Å². The summed E-state index contributed by atoms with van der Waals surface area (Å²) in [6, 6.07) is 4.80. The molecule has 0 saturated carbocycles. The van der Waals surface area contributed by atoms with E-state index in [1.54, 1.807) is 18.2 Å². The Kier molecular flexibility index (Phi) is 5.12. The van der Waals surface area contributed by atoms with Gasteiger partial charge in [-0.25, -0.2) is 0 Å². The molecule has 1 atom stereocenters. The van der Waals surface area contributed by atoms with Crippen molar-refractivity contribution in [1.82, 2.24) is 5.32 Å². The van der Waals surface area contributed by atoms with Gasteiger partial charge < -0.3 is 15.5 Å². The average Bonchev–Trinajstić information content (AvgIpc) is 2.24. The van der Waals surface area contributed by atoms with Gasteiger partial charge in [0.1, 0.15) is 11.5 Å². The van der Waals surface area contributed by atoms with Gasteiger partial charge in [0.25, 0.3) is 0 Å².